The van der Waals surface area contributed by atoms with Crippen molar-refractivity contribution in [2.75, 3.05) is 17.7 Å². The third-order valence-electron chi connectivity index (χ3n) is 2.35. The molecule has 19 heavy (non-hydrogen) atoms. The van der Waals surface area contributed by atoms with Gasteiger partial charge in [0.1, 0.15) is 11.0 Å². The molecule has 0 atom stereocenters. The number of hydrogen-bond donors (Lipinski definition) is 2. The normalized spacial score (nSPS) is 10.1. The molecule has 0 unspecified atom stereocenters. The standard InChI is InChI=1S/C12H10Cl2N4O/c1-15-8-5-3-2-4-7(8)11(19)17-10-6-9(13)16-12(14)18-10/h2-6,15H,1H3,(H,16,17,18,19). The second-order valence-corrected chi connectivity index (χ2v) is 4.32. The molecule has 0 bridgehead atoms. The van der Waals surface area contributed by atoms with E-state index in [0.29, 0.717) is 11.3 Å². The molecule has 0 spiro atoms. The summed E-state index contributed by atoms with van der Waals surface area (Å²) in [5, 5.41) is 5.70. The summed E-state index contributed by atoms with van der Waals surface area (Å²) in [7, 11) is 1.74. The first kappa shape index (κ1) is 13.6. The van der Waals surface area contributed by atoms with E-state index in [4.69, 9.17) is 23.2 Å². The Morgan fingerprint density at radius 3 is 2.63 bits per heavy atom. The first-order valence-electron chi connectivity index (χ1n) is 5.38. The van der Waals surface area contributed by atoms with E-state index >= 15 is 0 Å². The van der Waals surface area contributed by atoms with Crippen molar-refractivity contribution in [2.45, 2.75) is 0 Å². The SMILES string of the molecule is CNc1ccccc1C(=O)Nc1cc(Cl)nc(Cl)n1. The van der Waals surface area contributed by atoms with Crippen LogP contribution in [0.3, 0.4) is 0 Å². The van der Waals surface area contributed by atoms with Crippen molar-refractivity contribution < 1.29 is 4.79 Å². The fraction of sp³-hybridized carbons (Fsp3) is 0.0833. The molecule has 98 valence electrons. The number of benzene rings is 1. The van der Waals surface area contributed by atoms with Gasteiger partial charge in [0, 0.05) is 18.8 Å². The number of nitrogens with one attached hydrogen (secondary N) is 2. The second kappa shape index (κ2) is 5.86. The number of nitrogens with zero attached hydrogens (tertiary/aromatic N) is 2. The Hall–Kier alpha value is -1.85. The maximum atomic E-state index is 12.1. The van der Waals surface area contributed by atoms with E-state index in [1.54, 1.807) is 25.2 Å². The summed E-state index contributed by atoms with van der Waals surface area (Å²) >= 11 is 11.4. The predicted octanol–water partition coefficient (Wildman–Crippen LogP) is 3.08. The summed E-state index contributed by atoms with van der Waals surface area (Å²) in [5.41, 5.74) is 1.21. The van der Waals surface area contributed by atoms with E-state index in [0.717, 1.165) is 0 Å². The number of aromatic nitrogens is 2. The summed E-state index contributed by atoms with van der Waals surface area (Å²) in [6.45, 7) is 0. The zero-order chi connectivity index (χ0) is 13.8. The Morgan fingerprint density at radius 1 is 1.21 bits per heavy atom. The van der Waals surface area contributed by atoms with E-state index in [-0.39, 0.29) is 22.2 Å². The summed E-state index contributed by atoms with van der Waals surface area (Å²) in [6.07, 6.45) is 0. The molecule has 2 N–H and O–H groups in total. The number of para-hydroxylation sites is 1. The molecule has 2 rings (SSSR count). The number of carbonyl (C=O) groups excluding carboxylic acids is 1. The molecule has 1 aromatic carbocycles. The van der Waals surface area contributed by atoms with Crippen molar-refractivity contribution in [2.24, 2.45) is 0 Å². The van der Waals surface area contributed by atoms with Gasteiger partial charge in [-0.1, -0.05) is 23.7 Å². The Bertz CT molecular complexity index is 598. The maximum Gasteiger partial charge on any atom is 0.258 e. The Morgan fingerprint density at radius 2 is 1.95 bits per heavy atom. The van der Waals surface area contributed by atoms with Gasteiger partial charge in [0.15, 0.2) is 0 Å². The van der Waals surface area contributed by atoms with Crippen molar-refractivity contribution in [3.05, 3.63) is 46.3 Å². The van der Waals surface area contributed by atoms with Crippen molar-refractivity contribution in [3.8, 4) is 0 Å². The highest BCUT2D eigenvalue weighted by atomic mass is 35.5. The first-order valence-corrected chi connectivity index (χ1v) is 6.14. The van der Waals surface area contributed by atoms with Crippen LogP contribution in [0.4, 0.5) is 11.5 Å². The summed E-state index contributed by atoms with van der Waals surface area (Å²) in [6, 6.07) is 8.53. The van der Waals surface area contributed by atoms with Crippen LogP contribution in [0.2, 0.25) is 10.4 Å². The van der Waals surface area contributed by atoms with E-state index in [1.807, 2.05) is 6.07 Å². The van der Waals surface area contributed by atoms with Crippen LogP contribution >= 0.6 is 23.2 Å². The molecular formula is C12H10Cl2N4O. The monoisotopic (exact) mass is 296 g/mol. The van der Waals surface area contributed by atoms with Crippen LogP contribution in [0.25, 0.3) is 0 Å². The van der Waals surface area contributed by atoms with Gasteiger partial charge in [-0.25, -0.2) is 9.97 Å². The molecular weight excluding hydrogens is 287 g/mol. The smallest absolute Gasteiger partial charge is 0.258 e. The second-order valence-electron chi connectivity index (χ2n) is 3.59. The van der Waals surface area contributed by atoms with Crippen LogP contribution in [0.15, 0.2) is 30.3 Å². The number of halogens is 2. The lowest BCUT2D eigenvalue weighted by molar-refractivity contribution is 0.102. The summed E-state index contributed by atoms with van der Waals surface area (Å²) in [5.74, 6) is -0.0586. The molecule has 0 fully saturated rings. The lowest BCUT2D eigenvalue weighted by Crippen LogP contribution is -2.15. The summed E-state index contributed by atoms with van der Waals surface area (Å²) in [4.78, 5) is 19.7. The van der Waals surface area contributed by atoms with Crippen LogP contribution in [-0.2, 0) is 0 Å². The zero-order valence-electron chi connectivity index (χ0n) is 9.95. The Balaban J connectivity index is 2.25. The average molecular weight is 297 g/mol. The predicted molar refractivity (Wildman–Crippen MR) is 76.0 cm³/mol. The molecule has 0 saturated heterocycles. The molecule has 0 radical (unpaired) electrons. The van der Waals surface area contributed by atoms with Crippen molar-refractivity contribution >= 4 is 40.6 Å². The van der Waals surface area contributed by atoms with Crippen molar-refractivity contribution in [1.29, 1.82) is 0 Å². The van der Waals surface area contributed by atoms with Gasteiger partial charge in [-0.2, -0.15) is 0 Å². The molecule has 0 aliphatic heterocycles. The van der Waals surface area contributed by atoms with Gasteiger partial charge in [0.2, 0.25) is 5.28 Å². The van der Waals surface area contributed by atoms with Crippen molar-refractivity contribution in [1.82, 2.24) is 9.97 Å². The summed E-state index contributed by atoms with van der Waals surface area (Å²) < 4.78 is 0. The number of rotatable bonds is 3. The fourth-order valence-electron chi connectivity index (χ4n) is 1.54. The first-order chi connectivity index (χ1) is 9.10. The van der Waals surface area contributed by atoms with E-state index < -0.39 is 0 Å². The number of amides is 1. The lowest BCUT2D eigenvalue weighted by Gasteiger charge is -2.09. The Kier molecular flexibility index (Phi) is 4.19. The quantitative estimate of drug-likeness (QED) is 0.675. The third-order valence-corrected chi connectivity index (χ3v) is 2.71. The van der Waals surface area contributed by atoms with Crippen LogP contribution in [0, 0.1) is 0 Å². The highest BCUT2D eigenvalue weighted by Gasteiger charge is 2.11. The van der Waals surface area contributed by atoms with Gasteiger partial charge < -0.3 is 10.6 Å². The van der Waals surface area contributed by atoms with Gasteiger partial charge in [-0.3, -0.25) is 4.79 Å². The molecule has 7 heteroatoms. The van der Waals surface area contributed by atoms with Gasteiger partial charge in [-0.15, -0.1) is 0 Å². The van der Waals surface area contributed by atoms with Gasteiger partial charge in [0.05, 0.1) is 5.56 Å². The Labute approximate surface area is 120 Å². The molecule has 0 aliphatic carbocycles. The van der Waals surface area contributed by atoms with Crippen molar-refractivity contribution in [3.63, 3.8) is 0 Å². The zero-order valence-corrected chi connectivity index (χ0v) is 11.5. The average Bonchev–Trinajstić information content (AvgIpc) is 2.37. The van der Waals surface area contributed by atoms with Crippen LogP contribution in [-0.4, -0.2) is 22.9 Å². The van der Waals surface area contributed by atoms with Gasteiger partial charge >= 0.3 is 0 Å². The molecule has 1 amide bonds. The molecule has 0 saturated carbocycles. The van der Waals surface area contributed by atoms with Crippen LogP contribution < -0.4 is 10.6 Å². The molecule has 1 heterocycles. The van der Waals surface area contributed by atoms with E-state index in [1.165, 1.54) is 6.07 Å². The number of hydrogen-bond acceptors (Lipinski definition) is 4. The molecule has 0 aliphatic rings. The van der Waals surface area contributed by atoms with Crippen LogP contribution in [0.1, 0.15) is 10.4 Å². The van der Waals surface area contributed by atoms with Gasteiger partial charge in [-0.05, 0) is 23.7 Å². The van der Waals surface area contributed by atoms with E-state index in [2.05, 4.69) is 20.6 Å². The highest BCUT2D eigenvalue weighted by molar-refractivity contribution is 6.32. The minimum Gasteiger partial charge on any atom is -0.387 e. The minimum absolute atomic E-state index is 0.0234. The van der Waals surface area contributed by atoms with Gasteiger partial charge in [0.25, 0.3) is 5.91 Å². The molecule has 5 nitrogen and oxygen atoms in total. The fourth-order valence-corrected chi connectivity index (χ4v) is 1.95. The topological polar surface area (TPSA) is 66.9 Å². The minimum atomic E-state index is -0.309. The lowest BCUT2D eigenvalue weighted by atomic mass is 10.1. The number of carbonyl (C=O) groups is 1. The van der Waals surface area contributed by atoms with E-state index in [9.17, 15) is 4.79 Å². The molecule has 2 aromatic rings. The van der Waals surface area contributed by atoms with Crippen LogP contribution in [0.5, 0.6) is 0 Å². The molecule has 1 aromatic heterocycles. The maximum absolute atomic E-state index is 12.1. The largest absolute Gasteiger partial charge is 0.387 e. The third kappa shape index (κ3) is 3.33. The highest BCUT2D eigenvalue weighted by Crippen LogP contribution is 2.18. The number of anilines is 2.